The van der Waals surface area contributed by atoms with Gasteiger partial charge in [-0.25, -0.2) is 22.4 Å². The van der Waals surface area contributed by atoms with Crippen molar-refractivity contribution in [3.05, 3.63) is 79.0 Å². The van der Waals surface area contributed by atoms with Crippen LogP contribution >= 0.6 is 0 Å². The van der Waals surface area contributed by atoms with Gasteiger partial charge in [0.25, 0.3) is 10.0 Å². The van der Waals surface area contributed by atoms with Crippen LogP contribution in [0.5, 0.6) is 0 Å². The topological polar surface area (TPSA) is 98.4 Å². The molecule has 4 aromatic heterocycles. The third-order valence-corrected chi connectivity index (χ3v) is 11.0. The number of morpholine rings is 1. The van der Waals surface area contributed by atoms with Crippen molar-refractivity contribution in [1.82, 2.24) is 28.6 Å². The van der Waals surface area contributed by atoms with Crippen LogP contribution in [-0.4, -0.2) is 82.0 Å². The van der Waals surface area contributed by atoms with E-state index in [2.05, 4.69) is 49.8 Å². The molecule has 5 aromatic rings. The second kappa shape index (κ2) is 11.9. The molecule has 6 heterocycles. The number of fused-ring (bicyclic) bond motifs is 1. The van der Waals surface area contributed by atoms with Crippen LogP contribution in [0.1, 0.15) is 45.2 Å². The molecule has 0 N–H and O–H groups in total. The van der Waals surface area contributed by atoms with E-state index >= 15 is 0 Å². The maximum Gasteiger partial charge on any atom is 0.269 e. The highest BCUT2D eigenvalue weighted by molar-refractivity contribution is 7.90. The number of nitrogens with zero attached hydrogens (tertiary/aromatic N) is 7. The minimum Gasteiger partial charge on any atom is -0.372 e. The first kappa shape index (κ1) is 30.6. The highest BCUT2D eigenvalue weighted by Gasteiger charge is 2.29. The van der Waals surface area contributed by atoms with Gasteiger partial charge in [-0.15, -0.1) is 0 Å². The first-order valence-electron chi connectivity index (χ1n) is 16.1. The highest BCUT2D eigenvalue weighted by Crippen LogP contribution is 2.36. The smallest absolute Gasteiger partial charge is 0.269 e. The molecule has 0 bridgehead atoms. The zero-order valence-corrected chi connectivity index (χ0v) is 27.7. The van der Waals surface area contributed by atoms with Crippen molar-refractivity contribution in [1.29, 1.82) is 0 Å². The molecule has 10 nitrogen and oxygen atoms in total. The van der Waals surface area contributed by atoms with Gasteiger partial charge in [-0.05, 0) is 70.0 Å². The van der Waals surface area contributed by atoms with Crippen LogP contribution in [0.4, 0.5) is 5.82 Å². The summed E-state index contributed by atoms with van der Waals surface area (Å²) in [4.78, 5) is 14.6. The van der Waals surface area contributed by atoms with Crippen LogP contribution in [0.2, 0.25) is 0 Å². The Hall–Kier alpha value is -4.06. The van der Waals surface area contributed by atoms with Crippen LogP contribution in [0.15, 0.2) is 78.3 Å². The van der Waals surface area contributed by atoms with Gasteiger partial charge in [0.05, 0.1) is 29.3 Å². The fourth-order valence-electron chi connectivity index (χ4n) is 6.79. The van der Waals surface area contributed by atoms with E-state index in [4.69, 9.17) is 19.8 Å². The number of benzene rings is 1. The molecule has 7 rings (SSSR count). The van der Waals surface area contributed by atoms with Crippen molar-refractivity contribution in [2.45, 2.75) is 57.1 Å². The van der Waals surface area contributed by atoms with Crippen LogP contribution in [0.25, 0.3) is 33.3 Å². The Morgan fingerprint density at radius 1 is 0.935 bits per heavy atom. The largest absolute Gasteiger partial charge is 0.372 e. The van der Waals surface area contributed by atoms with E-state index in [0.29, 0.717) is 18.3 Å². The zero-order chi connectivity index (χ0) is 32.1. The van der Waals surface area contributed by atoms with Crippen LogP contribution < -0.4 is 4.90 Å². The molecule has 0 radical (unpaired) electrons. The van der Waals surface area contributed by atoms with E-state index in [1.54, 1.807) is 36.7 Å². The minimum absolute atomic E-state index is 0.212. The average molecular weight is 640 g/mol. The summed E-state index contributed by atoms with van der Waals surface area (Å²) < 4.78 is 37.1. The number of aromatic nitrogens is 5. The molecule has 0 saturated carbocycles. The van der Waals surface area contributed by atoms with Crippen molar-refractivity contribution in [2.24, 2.45) is 0 Å². The number of piperidine rings is 1. The normalized spacial score (nSPS) is 18.0. The summed E-state index contributed by atoms with van der Waals surface area (Å²) in [6, 6.07) is 13.0. The van der Waals surface area contributed by atoms with Crippen LogP contribution in [0.3, 0.4) is 0 Å². The third kappa shape index (κ3) is 5.72. The summed E-state index contributed by atoms with van der Waals surface area (Å²) in [5, 5.41) is 5.50. The second-order valence-corrected chi connectivity index (χ2v) is 14.8. The number of aryl methyl sites for hydroxylation is 1. The van der Waals surface area contributed by atoms with Gasteiger partial charge < -0.3 is 14.5 Å². The van der Waals surface area contributed by atoms with E-state index in [9.17, 15) is 8.42 Å². The second-order valence-electron chi connectivity index (χ2n) is 13.0. The summed E-state index contributed by atoms with van der Waals surface area (Å²) >= 11 is 0. The summed E-state index contributed by atoms with van der Waals surface area (Å²) in [6.45, 7) is 13.9. The molecule has 11 heteroatoms. The predicted molar refractivity (Wildman–Crippen MR) is 181 cm³/mol. The lowest BCUT2D eigenvalue weighted by atomic mass is 10.0. The lowest BCUT2D eigenvalue weighted by Gasteiger charge is -2.39. The number of pyridine rings is 2. The molecule has 2 saturated heterocycles. The van der Waals surface area contributed by atoms with Crippen LogP contribution in [0, 0.1) is 6.92 Å². The number of anilines is 1. The van der Waals surface area contributed by atoms with Crippen molar-refractivity contribution in [3.63, 3.8) is 0 Å². The van der Waals surface area contributed by atoms with Gasteiger partial charge in [-0.3, -0.25) is 4.68 Å². The quantitative estimate of drug-likeness (QED) is 0.221. The fraction of sp³-hybridized carbons (Fsp3) is 0.400. The van der Waals surface area contributed by atoms with Gasteiger partial charge in [0.1, 0.15) is 5.82 Å². The maximum atomic E-state index is 13.9. The fourth-order valence-corrected chi connectivity index (χ4v) is 8.13. The Labute approximate surface area is 270 Å². The van der Waals surface area contributed by atoms with Gasteiger partial charge in [0, 0.05) is 78.6 Å². The molecule has 0 spiro atoms. The first-order chi connectivity index (χ1) is 22.1. The standard InChI is InChI=1S/C35H41N7O3S/c1-5-39-13-11-29(12-14-39)41-22-28(21-38-41)32-23-42(46(43,44)30-9-7-6-8-10-30)34-31(32)18-27(20-37-34)26-17-25(2)33(36-19-26)40-15-16-45-35(3,4)24-40/h6-10,17-23,29H,5,11-16,24H2,1-4H3. The number of rotatable bonds is 7. The van der Waals surface area contributed by atoms with E-state index in [-0.39, 0.29) is 10.5 Å². The van der Waals surface area contributed by atoms with Crippen molar-refractivity contribution in [3.8, 4) is 22.3 Å². The molecule has 2 fully saturated rings. The number of ether oxygens (including phenoxy) is 1. The van der Waals surface area contributed by atoms with Gasteiger partial charge in [0.15, 0.2) is 5.65 Å². The van der Waals surface area contributed by atoms with E-state index in [0.717, 1.165) is 84.6 Å². The van der Waals surface area contributed by atoms with Gasteiger partial charge in [-0.2, -0.15) is 5.10 Å². The van der Waals surface area contributed by atoms with Crippen molar-refractivity contribution >= 4 is 26.9 Å². The lowest BCUT2D eigenvalue weighted by molar-refractivity contribution is -0.0279. The zero-order valence-electron chi connectivity index (χ0n) is 26.9. The van der Waals surface area contributed by atoms with Crippen LogP contribution in [-0.2, 0) is 14.8 Å². The Balaban J connectivity index is 1.29. The number of hydrogen-bond donors (Lipinski definition) is 0. The lowest BCUT2D eigenvalue weighted by Crippen LogP contribution is -2.48. The SMILES string of the molecule is CCN1CCC(n2cc(-c3cn(S(=O)(=O)c4ccccc4)c4ncc(-c5cnc(N6CCOC(C)(C)C6)c(C)c5)cc34)cn2)CC1. The molecule has 0 aliphatic carbocycles. The van der Waals surface area contributed by atoms with Gasteiger partial charge >= 0.3 is 0 Å². The third-order valence-electron chi connectivity index (χ3n) is 9.31. The van der Waals surface area contributed by atoms with Crippen molar-refractivity contribution < 1.29 is 13.2 Å². The Bertz CT molecular complexity index is 1980. The highest BCUT2D eigenvalue weighted by atomic mass is 32.2. The Morgan fingerprint density at radius 3 is 2.39 bits per heavy atom. The summed E-state index contributed by atoms with van der Waals surface area (Å²) in [7, 11) is -3.89. The summed E-state index contributed by atoms with van der Waals surface area (Å²) in [6.07, 6.45) is 11.3. The van der Waals surface area contributed by atoms with Gasteiger partial charge in [-0.1, -0.05) is 25.1 Å². The molecular formula is C35H41N7O3S. The van der Waals surface area contributed by atoms with Gasteiger partial charge in [0.2, 0.25) is 0 Å². The maximum absolute atomic E-state index is 13.9. The molecule has 0 atom stereocenters. The van der Waals surface area contributed by atoms with E-state index in [1.807, 2.05) is 29.2 Å². The molecule has 2 aliphatic heterocycles. The summed E-state index contributed by atoms with van der Waals surface area (Å²) in [5.41, 5.74) is 4.64. The molecule has 240 valence electrons. The summed E-state index contributed by atoms with van der Waals surface area (Å²) in [5.74, 6) is 0.951. The van der Waals surface area contributed by atoms with Crippen molar-refractivity contribution in [2.75, 3.05) is 44.2 Å². The number of hydrogen-bond acceptors (Lipinski definition) is 8. The molecule has 1 aromatic carbocycles. The molecule has 0 amide bonds. The first-order valence-corrected chi connectivity index (χ1v) is 17.5. The predicted octanol–water partition coefficient (Wildman–Crippen LogP) is 5.78. The minimum atomic E-state index is -3.89. The molecule has 0 unspecified atom stereocenters. The Morgan fingerprint density at radius 2 is 1.67 bits per heavy atom. The molecular weight excluding hydrogens is 598 g/mol. The average Bonchev–Trinajstić information content (AvgIpc) is 3.70. The van der Waals surface area contributed by atoms with E-state index in [1.165, 1.54) is 3.97 Å². The Kier molecular flexibility index (Phi) is 7.94. The molecule has 46 heavy (non-hydrogen) atoms. The monoisotopic (exact) mass is 639 g/mol. The number of likely N-dealkylation sites (tertiary alicyclic amines) is 1. The molecule has 2 aliphatic rings. The van der Waals surface area contributed by atoms with E-state index < -0.39 is 10.0 Å².